The van der Waals surface area contributed by atoms with Gasteiger partial charge in [0, 0.05) is 12.3 Å². The standard InChI is InChI=1S/C15H14N2O4S/c1-9(18)11-8-22-15(16-11)17-14(19)7-10-2-3-12-13(6-10)21-5-4-20-12/h2-3,6,8H,4-5,7H2,1H3,(H,16,17,19). The smallest absolute Gasteiger partial charge is 0.230 e. The average Bonchev–Trinajstić information content (AvgIpc) is 2.95. The molecule has 0 aliphatic carbocycles. The van der Waals surface area contributed by atoms with Gasteiger partial charge in [0.15, 0.2) is 22.4 Å². The summed E-state index contributed by atoms with van der Waals surface area (Å²) < 4.78 is 10.9. The number of nitrogens with one attached hydrogen (secondary N) is 1. The Bertz CT molecular complexity index is 726. The zero-order valence-corrected chi connectivity index (χ0v) is 12.7. The summed E-state index contributed by atoms with van der Waals surface area (Å²) in [4.78, 5) is 27.3. The highest BCUT2D eigenvalue weighted by Gasteiger charge is 2.14. The number of anilines is 1. The molecule has 2 aromatic rings. The highest BCUT2D eigenvalue weighted by atomic mass is 32.1. The lowest BCUT2D eigenvalue weighted by atomic mass is 10.1. The monoisotopic (exact) mass is 318 g/mol. The maximum absolute atomic E-state index is 12.0. The zero-order valence-electron chi connectivity index (χ0n) is 11.9. The molecule has 2 heterocycles. The second-order valence-electron chi connectivity index (χ2n) is 4.80. The average molecular weight is 318 g/mol. The van der Waals surface area contributed by atoms with E-state index in [1.807, 2.05) is 6.07 Å². The summed E-state index contributed by atoms with van der Waals surface area (Å²) in [7, 11) is 0. The lowest BCUT2D eigenvalue weighted by Gasteiger charge is -2.18. The number of fused-ring (bicyclic) bond motifs is 1. The van der Waals surface area contributed by atoms with E-state index in [1.54, 1.807) is 17.5 Å². The van der Waals surface area contributed by atoms with Crippen LogP contribution in [-0.2, 0) is 11.2 Å². The molecule has 1 aliphatic heterocycles. The molecule has 7 heteroatoms. The minimum absolute atomic E-state index is 0.122. The van der Waals surface area contributed by atoms with Crippen molar-refractivity contribution in [2.75, 3.05) is 18.5 Å². The van der Waals surface area contributed by atoms with Crippen molar-refractivity contribution in [3.05, 3.63) is 34.8 Å². The van der Waals surface area contributed by atoms with Crippen LogP contribution in [0.5, 0.6) is 11.5 Å². The molecule has 0 fully saturated rings. The first kappa shape index (κ1) is 14.5. The molecule has 0 atom stereocenters. The Kier molecular flexibility index (Phi) is 4.06. The molecular weight excluding hydrogens is 304 g/mol. The van der Waals surface area contributed by atoms with Gasteiger partial charge >= 0.3 is 0 Å². The molecular formula is C15H14N2O4S. The molecule has 1 N–H and O–H groups in total. The number of amides is 1. The number of carbonyl (C=O) groups is 2. The lowest BCUT2D eigenvalue weighted by molar-refractivity contribution is -0.115. The van der Waals surface area contributed by atoms with Crippen molar-refractivity contribution < 1.29 is 19.1 Å². The zero-order chi connectivity index (χ0) is 15.5. The molecule has 0 unspecified atom stereocenters. The number of hydrogen-bond donors (Lipinski definition) is 1. The lowest BCUT2D eigenvalue weighted by Crippen LogP contribution is -2.17. The largest absolute Gasteiger partial charge is 0.486 e. The van der Waals surface area contributed by atoms with Gasteiger partial charge in [-0.1, -0.05) is 6.07 Å². The Labute approximate surface area is 131 Å². The summed E-state index contributed by atoms with van der Waals surface area (Å²) in [6.07, 6.45) is 0.200. The third-order valence-electron chi connectivity index (χ3n) is 3.08. The van der Waals surface area contributed by atoms with E-state index in [4.69, 9.17) is 9.47 Å². The number of ketones is 1. The van der Waals surface area contributed by atoms with Crippen LogP contribution < -0.4 is 14.8 Å². The van der Waals surface area contributed by atoms with Crippen molar-refractivity contribution in [3.63, 3.8) is 0 Å². The molecule has 1 amide bonds. The SMILES string of the molecule is CC(=O)c1csc(NC(=O)Cc2ccc3c(c2)OCCO3)n1. The van der Waals surface area contributed by atoms with Gasteiger partial charge in [-0.25, -0.2) is 4.98 Å². The number of carbonyl (C=O) groups excluding carboxylic acids is 2. The van der Waals surface area contributed by atoms with Gasteiger partial charge in [-0.3, -0.25) is 9.59 Å². The van der Waals surface area contributed by atoms with Crippen LogP contribution in [0.1, 0.15) is 23.0 Å². The van der Waals surface area contributed by atoms with Crippen LogP contribution in [0.2, 0.25) is 0 Å². The molecule has 1 aromatic carbocycles. The number of hydrogen-bond acceptors (Lipinski definition) is 6. The van der Waals surface area contributed by atoms with Crippen molar-refractivity contribution in [2.45, 2.75) is 13.3 Å². The van der Waals surface area contributed by atoms with Crippen LogP contribution in [0, 0.1) is 0 Å². The fourth-order valence-electron chi connectivity index (χ4n) is 2.04. The molecule has 6 nitrogen and oxygen atoms in total. The molecule has 0 bridgehead atoms. The number of ether oxygens (including phenoxy) is 2. The van der Waals surface area contributed by atoms with Crippen LogP contribution >= 0.6 is 11.3 Å². The van der Waals surface area contributed by atoms with E-state index < -0.39 is 0 Å². The molecule has 0 saturated heterocycles. The predicted octanol–water partition coefficient (Wildman–Crippen LogP) is 2.30. The van der Waals surface area contributed by atoms with Gasteiger partial charge in [-0.2, -0.15) is 0 Å². The van der Waals surface area contributed by atoms with Gasteiger partial charge in [0.1, 0.15) is 18.9 Å². The first-order chi connectivity index (χ1) is 10.6. The molecule has 0 radical (unpaired) electrons. The minimum Gasteiger partial charge on any atom is -0.486 e. The van der Waals surface area contributed by atoms with Gasteiger partial charge in [-0.15, -0.1) is 11.3 Å². The van der Waals surface area contributed by atoms with Crippen LogP contribution in [0.15, 0.2) is 23.6 Å². The Morgan fingerprint density at radius 2 is 2.05 bits per heavy atom. The summed E-state index contributed by atoms with van der Waals surface area (Å²) in [6, 6.07) is 5.43. The van der Waals surface area contributed by atoms with Crippen LogP contribution in [-0.4, -0.2) is 29.9 Å². The summed E-state index contributed by atoms with van der Waals surface area (Å²) in [6.45, 7) is 2.49. The molecule has 22 heavy (non-hydrogen) atoms. The highest BCUT2D eigenvalue weighted by Crippen LogP contribution is 2.30. The Morgan fingerprint density at radius 3 is 2.77 bits per heavy atom. The fraction of sp³-hybridized carbons (Fsp3) is 0.267. The number of thiazole rings is 1. The maximum atomic E-state index is 12.0. The van der Waals surface area contributed by atoms with Crippen LogP contribution in [0.25, 0.3) is 0 Å². The third kappa shape index (κ3) is 3.25. The number of rotatable bonds is 4. The maximum Gasteiger partial charge on any atom is 0.230 e. The predicted molar refractivity (Wildman–Crippen MR) is 81.9 cm³/mol. The van der Waals surface area contributed by atoms with E-state index in [0.29, 0.717) is 35.5 Å². The van der Waals surface area contributed by atoms with Crippen molar-refractivity contribution in [3.8, 4) is 11.5 Å². The van der Waals surface area contributed by atoms with Crippen molar-refractivity contribution in [2.24, 2.45) is 0 Å². The van der Waals surface area contributed by atoms with Gasteiger partial charge in [0.2, 0.25) is 5.91 Å². The van der Waals surface area contributed by atoms with Crippen LogP contribution in [0.3, 0.4) is 0 Å². The van der Waals surface area contributed by atoms with Crippen molar-refractivity contribution in [1.29, 1.82) is 0 Å². The number of nitrogens with zero attached hydrogens (tertiary/aromatic N) is 1. The van der Waals surface area contributed by atoms with E-state index in [-0.39, 0.29) is 18.1 Å². The first-order valence-electron chi connectivity index (χ1n) is 6.76. The second-order valence-corrected chi connectivity index (χ2v) is 5.66. The number of benzene rings is 1. The van der Waals surface area contributed by atoms with Crippen LogP contribution in [0.4, 0.5) is 5.13 Å². The fourth-order valence-corrected chi connectivity index (χ4v) is 2.81. The molecule has 3 rings (SSSR count). The van der Waals surface area contributed by atoms with Crippen molar-refractivity contribution in [1.82, 2.24) is 4.98 Å². The molecule has 1 aliphatic rings. The minimum atomic E-state index is -0.193. The van der Waals surface area contributed by atoms with Crippen molar-refractivity contribution >= 4 is 28.2 Å². The second kappa shape index (κ2) is 6.15. The highest BCUT2D eigenvalue weighted by molar-refractivity contribution is 7.14. The number of Topliss-reactive ketones (excluding diaryl/α,β-unsaturated/α-hetero) is 1. The molecule has 114 valence electrons. The summed E-state index contributed by atoms with van der Waals surface area (Å²) in [5.41, 5.74) is 1.18. The van der Waals surface area contributed by atoms with E-state index in [1.165, 1.54) is 18.3 Å². The molecule has 1 aromatic heterocycles. The quantitative estimate of drug-likeness (QED) is 0.875. The van der Waals surface area contributed by atoms with Gasteiger partial charge in [0.25, 0.3) is 0 Å². The first-order valence-corrected chi connectivity index (χ1v) is 7.64. The van der Waals surface area contributed by atoms with Gasteiger partial charge in [-0.05, 0) is 17.7 Å². The Morgan fingerprint density at radius 1 is 1.27 bits per heavy atom. The van der Waals surface area contributed by atoms with E-state index >= 15 is 0 Å². The topological polar surface area (TPSA) is 77.5 Å². The Balaban J connectivity index is 1.65. The normalized spacial score (nSPS) is 12.8. The number of aromatic nitrogens is 1. The summed E-state index contributed by atoms with van der Waals surface area (Å²) in [5, 5.41) is 4.74. The van der Waals surface area contributed by atoms with E-state index in [9.17, 15) is 9.59 Å². The summed E-state index contributed by atoms with van der Waals surface area (Å²) >= 11 is 1.23. The van der Waals surface area contributed by atoms with Gasteiger partial charge in [0.05, 0.1) is 6.42 Å². The third-order valence-corrected chi connectivity index (χ3v) is 3.84. The van der Waals surface area contributed by atoms with E-state index in [0.717, 1.165) is 5.56 Å². The molecule has 0 spiro atoms. The Hall–Kier alpha value is -2.41. The molecule has 0 saturated carbocycles. The van der Waals surface area contributed by atoms with Gasteiger partial charge < -0.3 is 14.8 Å². The van der Waals surface area contributed by atoms with E-state index in [2.05, 4.69) is 10.3 Å². The summed E-state index contributed by atoms with van der Waals surface area (Å²) in [5.74, 6) is 1.04.